The number of hydrogen-bond acceptors (Lipinski definition) is 2. The molecular formula is C35H21NO. The molecule has 0 aliphatic carbocycles. The quantitative estimate of drug-likeness (QED) is 0.235. The molecule has 37 heavy (non-hydrogen) atoms. The zero-order valence-corrected chi connectivity index (χ0v) is 20.0. The molecule has 0 aliphatic heterocycles. The Bertz CT molecular complexity index is 2100. The average molecular weight is 472 g/mol. The van der Waals surface area contributed by atoms with Crippen molar-refractivity contribution in [2.24, 2.45) is 0 Å². The number of aromatic nitrogens is 1. The van der Waals surface area contributed by atoms with Crippen molar-refractivity contribution in [3.05, 3.63) is 127 Å². The van der Waals surface area contributed by atoms with Gasteiger partial charge in [0.2, 0.25) is 0 Å². The van der Waals surface area contributed by atoms with Gasteiger partial charge < -0.3 is 4.42 Å². The number of benzene rings is 6. The van der Waals surface area contributed by atoms with Gasteiger partial charge in [-0.2, -0.15) is 0 Å². The summed E-state index contributed by atoms with van der Waals surface area (Å²) in [4.78, 5) is 5.19. The predicted octanol–water partition coefficient (Wildman–Crippen LogP) is 9.77. The highest BCUT2D eigenvalue weighted by atomic mass is 16.3. The van der Waals surface area contributed by atoms with Gasteiger partial charge in [0.25, 0.3) is 0 Å². The summed E-state index contributed by atoms with van der Waals surface area (Å²) < 4.78 is 6.26. The standard InChI is InChI=1S/C35H21NO/c1-2-10-27-25(8-1)26-9-3-4-12-29(26)34-30(27)20-21-32(36-34)23-18-16-22(17-19-23)24-13-7-14-31-28-11-5-6-15-33(28)37-35(24)31/h1-21H. The number of para-hydroxylation sites is 2. The number of hydrogen-bond donors (Lipinski definition) is 0. The molecule has 0 N–H and O–H groups in total. The van der Waals surface area contributed by atoms with Gasteiger partial charge in [0.1, 0.15) is 11.2 Å². The average Bonchev–Trinajstić information content (AvgIpc) is 3.36. The lowest BCUT2D eigenvalue weighted by atomic mass is 9.96. The van der Waals surface area contributed by atoms with Gasteiger partial charge in [-0.15, -0.1) is 0 Å². The molecule has 0 bridgehead atoms. The molecule has 6 aromatic carbocycles. The molecule has 0 unspecified atom stereocenters. The summed E-state index contributed by atoms with van der Waals surface area (Å²) in [5.74, 6) is 0. The lowest BCUT2D eigenvalue weighted by Crippen LogP contribution is -1.89. The zero-order chi connectivity index (χ0) is 24.3. The molecule has 2 heteroatoms. The van der Waals surface area contributed by atoms with Crippen molar-refractivity contribution in [2.45, 2.75) is 0 Å². The Morgan fingerprint density at radius 1 is 0.405 bits per heavy atom. The van der Waals surface area contributed by atoms with Crippen LogP contribution < -0.4 is 0 Å². The minimum atomic E-state index is 0.918. The fourth-order valence-corrected chi connectivity index (χ4v) is 5.71. The van der Waals surface area contributed by atoms with Gasteiger partial charge in [-0.1, -0.05) is 109 Å². The monoisotopic (exact) mass is 471 g/mol. The molecule has 172 valence electrons. The molecular weight excluding hydrogens is 450 g/mol. The zero-order valence-electron chi connectivity index (χ0n) is 20.0. The van der Waals surface area contributed by atoms with Crippen LogP contribution in [0.25, 0.3) is 76.8 Å². The second-order valence-electron chi connectivity index (χ2n) is 9.54. The van der Waals surface area contributed by atoms with Crippen molar-refractivity contribution in [2.75, 3.05) is 0 Å². The van der Waals surface area contributed by atoms with Gasteiger partial charge in [-0.25, -0.2) is 4.98 Å². The molecule has 8 aromatic rings. The van der Waals surface area contributed by atoms with Gasteiger partial charge in [0.15, 0.2) is 0 Å². The van der Waals surface area contributed by atoms with E-state index in [9.17, 15) is 0 Å². The van der Waals surface area contributed by atoms with Crippen LogP contribution in [0.1, 0.15) is 0 Å². The number of fused-ring (bicyclic) bond motifs is 9. The third-order valence-corrected chi connectivity index (χ3v) is 7.48. The van der Waals surface area contributed by atoms with Gasteiger partial charge >= 0.3 is 0 Å². The third-order valence-electron chi connectivity index (χ3n) is 7.48. The predicted molar refractivity (Wildman–Crippen MR) is 155 cm³/mol. The fourth-order valence-electron chi connectivity index (χ4n) is 5.71. The lowest BCUT2D eigenvalue weighted by Gasteiger charge is -2.11. The first-order valence-electron chi connectivity index (χ1n) is 12.6. The summed E-state index contributed by atoms with van der Waals surface area (Å²) in [6.45, 7) is 0. The van der Waals surface area contributed by atoms with Crippen molar-refractivity contribution < 1.29 is 4.42 Å². The molecule has 0 fully saturated rings. The van der Waals surface area contributed by atoms with E-state index in [0.29, 0.717) is 0 Å². The Labute approximate surface area is 213 Å². The number of rotatable bonds is 2. The summed E-state index contributed by atoms with van der Waals surface area (Å²) in [6, 6.07) is 44.8. The van der Waals surface area contributed by atoms with E-state index in [2.05, 4.69) is 115 Å². The molecule has 8 rings (SSSR count). The van der Waals surface area contributed by atoms with E-state index in [-0.39, 0.29) is 0 Å². The van der Waals surface area contributed by atoms with Gasteiger partial charge in [0.05, 0.1) is 11.2 Å². The highest BCUT2D eigenvalue weighted by molar-refractivity contribution is 6.24. The van der Waals surface area contributed by atoms with E-state index in [4.69, 9.17) is 9.40 Å². The van der Waals surface area contributed by atoms with E-state index in [1.807, 2.05) is 12.1 Å². The first-order chi connectivity index (χ1) is 18.3. The Balaban J connectivity index is 1.28. The maximum absolute atomic E-state index is 6.26. The Morgan fingerprint density at radius 3 is 1.73 bits per heavy atom. The first-order valence-corrected chi connectivity index (χ1v) is 12.6. The summed E-state index contributed by atoms with van der Waals surface area (Å²) in [7, 11) is 0. The van der Waals surface area contributed by atoms with Crippen LogP contribution >= 0.6 is 0 Å². The second kappa shape index (κ2) is 7.78. The maximum atomic E-state index is 6.26. The van der Waals surface area contributed by atoms with E-state index < -0.39 is 0 Å². The summed E-state index contributed by atoms with van der Waals surface area (Å²) in [5, 5.41) is 8.42. The lowest BCUT2D eigenvalue weighted by molar-refractivity contribution is 0.670. The first kappa shape index (κ1) is 20.3. The van der Waals surface area contributed by atoms with Gasteiger partial charge in [-0.3, -0.25) is 0 Å². The highest BCUT2D eigenvalue weighted by Crippen LogP contribution is 2.37. The number of furan rings is 1. The molecule has 0 amide bonds. The molecule has 0 radical (unpaired) electrons. The van der Waals surface area contributed by atoms with Crippen LogP contribution in [-0.4, -0.2) is 4.98 Å². The molecule has 2 nitrogen and oxygen atoms in total. The van der Waals surface area contributed by atoms with Crippen LogP contribution in [0, 0.1) is 0 Å². The van der Waals surface area contributed by atoms with Crippen LogP contribution in [0.4, 0.5) is 0 Å². The van der Waals surface area contributed by atoms with Crippen molar-refractivity contribution in [3.63, 3.8) is 0 Å². The van der Waals surface area contributed by atoms with Crippen LogP contribution in [-0.2, 0) is 0 Å². The smallest absolute Gasteiger partial charge is 0.143 e. The third kappa shape index (κ3) is 3.03. The second-order valence-corrected chi connectivity index (χ2v) is 9.54. The highest BCUT2D eigenvalue weighted by Gasteiger charge is 2.13. The molecule has 2 heterocycles. The van der Waals surface area contributed by atoms with Crippen LogP contribution in [0.2, 0.25) is 0 Å². The van der Waals surface area contributed by atoms with Crippen LogP contribution in [0.15, 0.2) is 132 Å². The van der Waals surface area contributed by atoms with Gasteiger partial charge in [0, 0.05) is 32.7 Å². The molecule has 0 saturated carbocycles. The largest absolute Gasteiger partial charge is 0.455 e. The molecule has 0 spiro atoms. The molecule has 0 atom stereocenters. The van der Waals surface area contributed by atoms with Crippen molar-refractivity contribution >= 4 is 54.4 Å². The number of pyridine rings is 1. The van der Waals surface area contributed by atoms with E-state index in [1.165, 1.54) is 26.9 Å². The Kier molecular flexibility index (Phi) is 4.26. The van der Waals surface area contributed by atoms with Crippen molar-refractivity contribution in [3.8, 4) is 22.4 Å². The summed E-state index contributed by atoms with van der Waals surface area (Å²) in [5.41, 5.74) is 7.19. The van der Waals surface area contributed by atoms with E-state index >= 15 is 0 Å². The topological polar surface area (TPSA) is 26.0 Å². The SMILES string of the molecule is c1ccc2c(c1)oc1c(-c3ccc(-c4ccc5c6ccccc6c6ccccc6c5n4)cc3)cccc12. The van der Waals surface area contributed by atoms with Crippen molar-refractivity contribution in [1.29, 1.82) is 0 Å². The summed E-state index contributed by atoms with van der Waals surface area (Å²) in [6.07, 6.45) is 0. The molecule has 2 aromatic heterocycles. The molecule has 0 aliphatic rings. The summed E-state index contributed by atoms with van der Waals surface area (Å²) >= 11 is 0. The Hall–Kier alpha value is -4.95. The minimum absolute atomic E-state index is 0.918. The van der Waals surface area contributed by atoms with Crippen LogP contribution in [0.5, 0.6) is 0 Å². The fraction of sp³-hybridized carbons (Fsp3) is 0. The number of nitrogens with zero attached hydrogens (tertiary/aromatic N) is 1. The van der Waals surface area contributed by atoms with E-state index in [0.717, 1.165) is 49.8 Å². The van der Waals surface area contributed by atoms with E-state index in [1.54, 1.807) is 0 Å². The van der Waals surface area contributed by atoms with Crippen LogP contribution in [0.3, 0.4) is 0 Å². The van der Waals surface area contributed by atoms with Crippen molar-refractivity contribution in [1.82, 2.24) is 4.98 Å². The minimum Gasteiger partial charge on any atom is -0.455 e. The Morgan fingerprint density at radius 2 is 0.973 bits per heavy atom. The maximum Gasteiger partial charge on any atom is 0.143 e. The van der Waals surface area contributed by atoms with Gasteiger partial charge in [-0.05, 0) is 39.9 Å². The normalized spacial score (nSPS) is 11.8. The molecule has 0 saturated heterocycles.